The van der Waals surface area contributed by atoms with Gasteiger partial charge in [-0.2, -0.15) is 0 Å². The third kappa shape index (κ3) is 7.58. The summed E-state index contributed by atoms with van der Waals surface area (Å²) in [6, 6.07) is 0. The SMILES string of the molecule is CCCC(N)=NCCCC(C)C. The fourth-order valence-electron chi connectivity index (χ4n) is 1.06. The van der Waals surface area contributed by atoms with E-state index in [2.05, 4.69) is 25.8 Å². The maximum absolute atomic E-state index is 5.65. The zero-order valence-electron chi connectivity index (χ0n) is 8.64. The Morgan fingerprint density at radius 2 is 2.08 bits per heavy atom. The number of amidine groups is 1. The molecule has 0 aromatic rings. The summed E-state index contributed by atoms with van der Waals surface area (Å²) in [6.07, 6.45) is 4.46. The van der Waals surface area contributed by atoms with Gasteiger partial charge in [0.05, 0.1) is 5.84 Å². The summed E-state index contributed by atoms with van der Waals surface area (Å²) < 4.78 is 0. The lowest BCUT2D eigenvalue weighted by atomic mass is 10.1. The molecule has 0 aromatic heterocycles. The number of rotatable bonds is 6. The monoisotopic (exact) mass is 170 g/mol. The second kappa shape index (κ2) is 7.14. The molecule has 0 aromatic carbocycles. The highest BCUT2D eigenvalue weighted by atomic mass is 14.8. The minimum atomic E-state index is 0.785. The Labute approximate surface area is 76.3 Å². The van der Waals surface area contributed by atoms with Gasteiger partial charge in [-0.25, -0.2) is 0 Å². The Hall–Kier alpha value is -0.530. The third-order valence-corrected chi connectivity index (χ3v) is 1.76. The van der Waals surface area contributed by atoms with Crippen molar-refractivity contribution in [3.05, 3.63) is 0 Å². The van der Waals surface area contributed by atoms with E-state index in [-0.39, 0.29) is 0 Å². The molecule has 2 heteroatoms. The second-order valence-electron chi connectivity index (χ2n) is 3.66. The van der Waals surface area contributed by atoms with E-state index in [1.54, 1.807) is 0 Å². The number of nitrogens with two attached hydrogens (primary N) is 1. The molecule has 0 amide bonds. The van der Waals surface area contributed by atoms with Crippen molar-refractivity contribution in [1.29, 1.82) is 0 Å². The first-order valence-corrected chi connectivity index (χ1v) is 4.95. The molecular weight excluding hydrogens is 148 g/mol. The van der Waals surface area contributed by atoms with Gasteiger partial charge in [0, 0.05) is 13.0 Å². The standard InChI is InChI=1S/C10H22N2/c1-4-6-10(11)12-8-5-7-9(2)3/h9H,4-8H2,1-3H3,(H2,11,12). The van der Waals surface area contributed by atoms with Crippen molar-refractivity contribution in [1.82, 2.24) is 0 Å². The van der Waals surface area contributed by atoms with E-state index in [4.69, 9.17) is 5.73 Å². The minimum Gasteiger partial charge on any atom is -0.387 e. The number of hydrogen-bond acceptors (Lipinski definition) is 1. The molecule has 0 saturated heterocycles. The van der Waals surface area contributed by atoms with Crippen molar-refractivity contribution < 1.29 is 0 Å². The molecule has 0 heterocycles. The van der Waals surface area contributed by atoms with Crippen LogP contribution in [0.1, 0.15) is 46.5 Å². The Bertz CT molecular complexity index is 128. The molecular formula is C10H22N2. The first kappa shape index (κ1) is 11.5. The van der Waals surface area contributed by atoms with Crippen LogP contribution in [-0.2, 0) is 0 Å². The minimum absolute atomic E-state index is 0.785. The molecule has 0 aliphatic carbocycles. The average molecular weight is 170 g/mol. The van der Waals surface area contributed by atoms with Crippen LogP contribution >= 0.6 is 0 Å². The van der Waals surface area contributed by atoms with E-state index in [0.717, 1.165) is 31.1 Å². The van der Waals surface area contributed by atoms with Crippen LogP contribution in [0, 0.1) is 5.92 Å². The van der Waals surface area contributed by atoms with Gasteiger partial charge in [0.1, 0.15) is 0 Å². The molecule has 72 valence electrons. The highest BCUT2D eigenvalue weighted by molar-refractivity contribution is 5.80. The summed E-state index contributed by atoms with van der Waals surface area (Å²) in [4.78, 5) is 4.28. The zero-order valence-corrected chi connectivity index (χ0v) is 8.64. The van der Waals surface area contributed by atoms with Gasteiger partial charge >= 0.3 is 0 Å². The van der Waals surface area contributed by atoms with E-state index < -0.39 is 0 Å². The largest absolute Gasteiger partial charge is 0.387 e. The predicted octanol–water partition coefficient (Wildman–Crippen LogP) is 2.58. The van der Waals surface area contributed by atoms with Crippen LogP contribution in [0.3, 0.4) is 0 Å². The zero-order chi connectivity index (χ0) is 9.40. The van der Waals surface area contributed by atoms with Crippen LogP contribution in [0.2, 0.25) is 0 Å². The molecule has 0 spiro atoms. The van der Waals surface area contributed by atoms with Crippen molar-refractivity contribution in [3.8, 4) is 0 Å². The van der Waals surface area contributed by atoms with Crippen molar-refractivity contribution in [2.24, 2.45) is 16.6 Å². The van der Waals surface area contributed by atoms with E-state index in [1.165, 1.54) is 12.8 Å². The smallest absolute Gasteiger partial charge is 0.0936 e. The first-order chi connectivity index (χ1) is 5.66. The summed E-state index contributed by atoms with van der Waals surface area (Å²) >= 11 is 0. The molecule has 0 saturated carbocycles. The third-order valence-electron chi connectivity index (χ3n) is 1.76. The molecule has 0 unspecified atom stereocenters. The number of hydrogen-bond donors (Lipinski definition) is 1. The van der Waals surface area contributed by atoms with E-state index >= 15 is 0 Å². The van der Waals surface area contributed by atoms with Crippen LogP contribution in [0.15, 0.2) is 4.99 Å². The maximum atomic E-state index is 5.65. The molecule has 0 rings (SSSR count). The van der Waals surface area contributed by atoms with Gasteiger partial charge in [0.2, 0.25) is 0 Å². The lowest BCUT2D eigenvalue weighted by Crippen LogP contribution is -2.11. The Morgan fingerprint density at radius 1 is 1.42 bits per heavy atom. The van der Waals surface area contributed by atoms with E-state index in [9.17, 15) is 0 Å². The average Bonchev–Trinajstić information content (AvgIpc) is 1.98. The van der Waals surface area contributed by atoms with Gasteiger partial charge in [0.15, 0.2) is 0 Å². The van der Waals surface area contributed by atoms with Crippen molar-refractivity contribution in [2.45, 2.75) is 46.5 Å². The van der Waals surface area contributed by atoms with Crippen LogP contribution in [0.4, 0.5) is 0 Å². The Morgan fingerprint density at radius 3 is 2.58 bits per heavy atom. The lowest BCUT2D eigenvalue weighted by Gasteiger charge is -2.02. The van der Waals surface area contributed by atoms with E-state index in [0.29, 0.717) is 0 Å². The lowest BCUT2D eigenvalue weighted by molar-refractivity contribution is 0.561. The molecule has 0 radical (unpaired) electrons. The Balaban J connectivity index is 3.33. The summed E-state index contributed by atoms with van der Waals surface area (Å²) in [6.45, 7) is 7.50. The van der Waals surface area contributed by atoms with Gasteiger partial charge < -0.3 is 5.73 Å². The van der Waals surface area contributed by atoms with Crippen LogP contribution < -0.4 is 5.73 Å². The summed E-state index contributed by atoms with van der Waals surface area (Å²) in [5.74, 6) is 1.61. The van der Waals surface area contributed by atoms with Gasteiger partial charge in [-0.3, -0.25) is 4.99 Å². The van der Waals surface area contributed by atoms with Gasteiger partial charge in [-0.05, 0) is 25.2 Å². The van der Waals surface area contributed by atoms with E-state index in [1.807, 2.05) is 0 Å². The summed E-state index contributed by atoms with van der Waals surface area (Å²) in [7, 11) is 0. The van der Waals surface area contributed by atoms with Crippen LogP contribution in [-0.4, -0.2) is 12.4 Å². The molecule has 2 N–H and O–H groups in total. The van der Waals surface area contributed by atoms with Crippen LogP contribution in [0.25, 0.3) is 0 Å². The molecule has 12 heavy (non-hydrogen) atoms. The van der Waals surface area contributed by atoms with Crippen molar-refractivity contribution >= 4 is 5.84 Å². The van der Waals surface area contributed by atoms with Crippen LogP contribution in [0.5, 0.6) is 0 Å². The topological polar surface area (TPSA) is 38.4 Å². The number of aliphatic imine (C=N–C) groups is 1. The summed E-state index contributed by atoms with van der Waals surface area (Å²) in [5.41, 5.74) is 5.65. The van der Waals surface area contributed by atoms with Gasteiger partial charge in [0.25, 0.3) is 0 Å². The number of nitrogens with zero attached hydrogens (tertiary/aromatic N) is 1. The quantitative estimate of drug-likeness (QED) is 0.371. The second-order valence-corrected chi connectivity index (χ2v) is 3.66. The summed E-state index contributed by atoms with van der Waals surface area (Å²) in [5, 5.41) is 0. The molecule has 0 atom stereocenters. The first-order valence-electron chi connectivity index (χ1n) is 4.95. The van der Waals surface area contributed by atoms with Gasteiger partial charge in [-0.15, -0.1) is 0 Å². The molecule has 0 fully saturated rings. The maximum Gasteiger partial charge on any atom is 0.0936 e. The highest BCUT2D eigenvalue weighted by Gasteiger charge is 1.93. The predicted molar refractivity (Wildman–Crippen MR) is 55.5 cm³/mol. The molecule has 2 nitrogen and oxygen atoms in total. The normalized spacial score (nSPS) is 12.5. The molecule has 0 aliphatic heterocycles. The molecule has 0 bridgehead atoms. The fraction of sp³-hybridized carbons (Fsp3) is 0.900. The fourth-order valence-corrected chi connectivity index (χ4v) is 1.06. The molecule has 0 aliphatic rings. The van der Waals surface area contributed by atoms with Gasteiger partial charge in [-0.1, -0.05) is 20.8 Å². The van der Waals surface area contributed by atoms with Crippen molar-refractivity contribution in [3.63, 3.8) is 0 Å². The van der Waals surface area contributed by atoms with Crippen molar-refractivity contribution in [2.75, 3.05) is 6.54 Å². The highest BCUT2D eigenvalue weighted by Crippen LogP contribution is 2.03. The Kier molecular flexibility index (Phi) is 6.82.